The summed E-state index contributed by atoms with van der Waals surface area (Å²) in [4.78, 5) is 21.0. The van der Waals surface area contributed by atoms with Gasteiger partial charge >= 0.3 is 0 Å². The molecule has 0 radical (unpaired) electrons. The van der Waals surface area contributed by atoms with Gasteiger partial charge in [0.2, 0.25) is 17.6 Å². The van der Waals surface area contributed by atoms with Crippen molar-refractivity contribution in [2.24, 2.45) is 0 Å². The highest BCUT2D eigenvalue weighted by Crippen LogP contribution is 2.26. The van der Waals surface area contributed by atoms with Gasteiger partial charge in [0.25, 0.3) is 0 Å². The first-order chi connectivity index (χ1) is 16.7. The zero-order valence-corrected chi connectivity index (χ0v) is 18.5. The lowest BCUT2D eigenvalue weighted by molar-refractivity contribution is -0.116. The minimum absolute atomic E-state index is 0.175. The Bertz CT molecular complexity index is 1390. The summed E-state index contributed by atoms with van der Waals surface area (Å²) >= 11 is 0. The van der Waals surface area contributed by atoms with Crippen LogP contribution in [0.2, 0.25) is 0 Å². The first kappa shape index (κ1) is 21.3. The van der Waals surface area contributed by atoms with Gasteiger partial charge in [-0.2, -0.15) is 15.2 Å². The second-order valence-electron chi connectivity index (χ2n) is 7.77. The van der Waals surface area contributed by atoms with E-state index in [1.54, 1.807) is 0 Å². The molecule has 0 aliphatic carbocycles. The quantitative estimate of drug-likeness (QED) is 0.366. The number of H-pyrrole nitrogens is 1. The zero-order valence-electron chi connectivity index (χ0n) is 18.5. The highest BCUT2D eigenvalue weighted by Gasteiger charge is 2.16. The minimum Gasteiger partial charge on any atom is -0.339 e. The zero-order chi connectivity index (χ0) is 23.3. The Morgan fingerprint density at radius 1 is 1.12 bits per heavy atom. The van der Waals surface area contributed by atoms with Crippen molar-refractivity contribution in [2.45, 2.75) is 26.3 Å². The van der Waals surface area contributed by atoms with E-state index >= 15 is 0 Å². The number of amides is 1. The molecule has 0 saturated heterocycles. The number of aromatic amines is 1. The van der Waals surface area contributed by atoms with Crippen LogP contribution >= 0.6 is 0 Å². The highest BCUT2D eigenvalue weighted by atomic mass is 16.5. The van der Waals surface area contributed by atoms with Crippen LogP contribution in [0.25, 0.3) is 22.9 Å². The number of rotatable bonds is 8. The van der Waals surface area contributed by atoms with Crippen molar-refractivity contribution in [3.63, 3.8) is 0 Å². The molecule has 0 spiro atoms. The molecule has 2 N–H and O–H groups in total. The molecule has 1 amide bonds. The summed E-state index contributed by atoms with van der Waals surface area (Å²) in [5.74, 6) is 1.51. The smallest absolute Gasteiger partial charge is 0.239 e. The molecule has 10 nitrogen and oxygen atoms in total. The van der Waals surface area contributed by atoms with Gasteiger partial charge in [0.05, 0.1) is 12.2 Å². The Labute approximate surface area is 195 Å². The van der Waals surface area contributed by atoms with Gasteiger partial charge in [-0.1, -0.05) is 59.8 Å². The van der Waals surface area contributed by atoms with E-state index in [2.05, 4.69) is 30.6 Å². The van der Waals surface area contributed by atoms with Crippen molar-refractivity contribution in [3.8, 4) is 22.9 Å². The van der Waals surface area contributed by atoms with Gasteiger partial charge in [-0.05, 0) is 18.1 Å². The number of benzene rings is 2. The standard InChI is InChI=1S/C24H22N8O2/c1-16-7-5-6-10-18(16)19-13-20(32(30-19)14-17-8-3-2-4-9-17)27-21(33)11-12-22-28-24(31-34-22)23-25-15-26-29-23/h2-10,13,15H,11-12,14H2,1H3,(H,27,33)(H,25,26,29). The summed E-state index contributed by atoms with van der Waals surface area (Å²) in [5, 5.41) is 18.1. The SMILES string of the molecule is Cc1ccccc1-c1cc(NC(=O)CCc2nc(-c3ncn[nH]3)no2)n(Cc2ccccc2)n1. The molecule has 0 unspecified atom stereocenters. The Kier molecular flexibility index (Phi) is 5.93. The number of carbonyl (C=O) groups is 1. The lowest BCUT2D eigenvalue weighted by atomic mass is 10.1. The van der Waals surface area contributed by atoms with E-state index in [4.69, 9.17) is 9.62 Å². The second-order valence-corrected chi connectivity index (χ2v) is 7.77. The third-order valence-corrected chi connectivity index (χ3v) is 5.30. The van der Waals surface area contributed by atoms with E-state index in [9.17, 15) is 4.79 Å². The predicted octanol–water partition coefficient (Wildman–Crippen LogP) is 3.65. The summed E-state index contributed by atoms with van der Waals surface area (Å²) in [7, 11) is 0. The Hall–Kier alpha value is -4.60. The van der Waals surface area contributed by atoms with Gasteiger partial charge in [0.1, 0.15) is 12.1 Å². The van der Waals surface area contributed by atoms with E-state index in [1.807, 2.05) is 72.3 Å². The molecule has 34 heavy (non-hydrogen) atoms. The van der Waals surface area contributed by atoms with Gasteiger partial charge in [-0.15, -0.1) is 0 Å². The maximum absolute atomic E-state index is 12.8. The van der Waals surface area contributed by atoms with Crippen LogP contribution in [-0.2, 0) is 17.8 Å². The van der Waals surface area contributed by atoms with Gasteiger partial charge in [-0.3, -0.25) is 9.89 Å². The highest BCUT2D eigenvalue weighted by molar-refractivity contribution is 5.90. The van der Waals surface area contributed by atoms with Crippen LogP contribution in [-0.4, -0.2) is 41.0 Å². The van der Waals surface area contributed by atoms with Gasteiger partial charge in [0.15, 0.2) is 5.82 Å². The Balaban J connectivity index is 1.32. The van der Waals surface area contributed by atoms with Gasteiger partial charge < -0.3 is 9.84 Å². The molecule has 3 aromatic heterocycles. The molecule has 0 saturated carbocycles. The third-order valence-electron chi connectivity index (χ3n) is 5.30. The summed E-state index contributed by atoms with van der Waals surface area (Å²) in [6.45, 7) is 2.58. The van der Waals surface area contributed by atoms with Crippen LogP contribution in [0.1, 0.15) is 23.4 Å². The fourth-order valence-corrected chi connectivity index (χ4v) is 3.58. The van der Waals surface area contributed by atoms with E-state index in [-0.39, 0.29) is 12.3 Å². The van der Waals surface area contributed by atoms with E-state index in [1.165, 1.54) is 6.33 Å². The molecule has 0 atom stereocenters. The number of nitrogens with one attached hydrogen (secondary N) is 2. The molecule has 0 aliphatic heterocycles. The van der Waals surface area contributed by atoms with Crippen molar-refractivity contribution in [2.75, 3.05) is 5.32 Å². The topological polar surface area (TPSA) is 127 Å². The molecule has 5 rings (SSSR count). The summed E-state index contributed by atoms with van der Waals surface area (Å²) in [6.07, 6.45) is 1.83. The van der Waals surface area contributed by atoms with E-state index in [0.717, 1.165) is 22.4 Å². The number of hydrogen-bond acceptors (Lipinski definition) is 7. The van der Waals surface area contributed by atoms with E-state index < -0.39 is 0 Å². The van der Waals surface area contributed by atoms with Crippen molar-refractivity contribution < 1.29 is 9.32 Å². The number of aromatic nitrogens is 7. The van der Waals surface area contributed by atoms with E-state index in [0.29, 0.717) is 36.3 Å². The van der Waals surface area contributed by atoms with Crippen LogP contribution in [0.15, 0.2) is 71.5 Å². The average molecular weight is 454 g/mol. The first-order valence-electron chi connectivity index (χ1n) is 10.8. The minimum atomic E-state index is -0.176. The lowest BCUT2D eigenvalue weighted by Gasteiger charge is -2.08. The van der Waals surface area contributed by atoms with Crippen molar-refractivity contribution in [1.29, 1.82) is 0 Å². The number of hydrogen-bond donors (Lipinski definition) is 2. The number of nitrogens with zero attached hydrogens (tertiary/aromatic N) is 6. The van der Waals surface area contributed by atoms with Crippen molar-refractivity contribution >= 4 is 11.7 Å². The summed E-state index contributed by atoms with van der Waals surface area (Å²) in [5.41, 5.74) is 4.03. The van der Waals surface area contributed by atoms with Crippen molar-refractivity contribution in [3.05, 3.63) is 84.0 Å². The Morgan fingerprint density at radius 2 is 1.94 bits per heavy atom. The maximum Gasteiger partial charge on any atom is 0.239 e. The molecule has 10 heteroatoms. The molecule has 0 fully saturated rings. The van der Waals surface area contributed by atoms with Crippen LogP contribution in [0, 0.1) is 6.92 Å². The molecular weight excluding hydrogens is 432 g/mol. The fourth-order valence-electron chi connectivity index (χ4n) is 3.58. The molecule has 0 bridgehead atoms. The largest absolute Gasteiger partial charge is 0.339 e. The number of anilines is 1. The normalized spacial score (nSPS) is 11.0. The summed E-state index contributed by atoms with van der Waals surface area (Å²) < 4.78 is 7.03. The molecule has 5 aromatic rings. The van der Waals surface area contributed by atoms with Crippen LogP contribution < -0.4 is 5.32 Å². The first-order valence-corrected chi connectivity index (χ1v) is 10.8. The fraction of sp³-hybridized carbons (Fsp3) is 0.167. The van der Waals surface area contributed by atoms with Crippen LogP contribution in [0.4, 0.5) is 5.82 Å². The van der Waals surface area contributed by atoms with Gasteiger partial charge in [-0.25, -0.2) is 9.67 Å². The third kappa shape index (κ3) is 4.75. The van der Waals surface area contributed by atoms with Crippen LogP contribution in [0.3, 0.4) is 0 Å². The molecule has 0 aliphatic rings. The summed E-state index contributed by atoms with van der Waals surface area (Å²) in [6, 6.07) is 19.9. The molecular formula is C24H22N8O2. The lowest BCUT2D eigenvalue weighted by Crippen LogP contribution is -2.16. The van der Waals surface area contributed by atoms with Crippen LogP contribution in [0.5, 0.6) is 0 Å². The average Bonchev–Trinajstić information content (AvgIpc) is 3.61. The number of aryl methyl sites for hydroxylation is 2. The van der Waals surface area contributed by atoms with Gasteiger partial charge in [0, 0.05) is 24.5 Å². The van der Waals surface area contributed by atoms with Crippen molar-refractivity contribution in [1.82, 2.24) is 35.1 Å². The Morgan fingerprint density at radius 3 is 2.74 bits per heavy atom. The monoisotopic (exact) mass is 454 g/mol. The predicted molar refractivity (Wildman–Crippen MR) is 125 cm³/mol. The molecule has 2 aromatic carbocycles. The number of carbonyl (C=O) groups excluding carboxylic acids is 1. The maximum atomic E-state index is 12.8. The molecule has 170 valence electrons. The second kappa shape index (κ2) is 9.49. The molecule has 3 heterocycles.